The molecule has 3 aliphatic rings. The van der Waals surface area contributed by atoms with Gasteiger partial charge in [0.1, 0.15) is 5.75 Å². The lowest BCUT2D eigenvalue weighted by Crippen LogP contribution is -2.68. The zero-order chi connectivity index (χ0) is 22.1. The van der Waals surface area contributed by atoms with E-state index >= 15 is 0 Å². The molecule has 5 atom stereocenters. The third-order valence-electron chi connectivity index (χ3n) is 6.67. The van der Waals surface area contributed by atoms with Crippen LogP contribution in [0.2, 0.25) is 0 Å². The van der Waals surface area contributed by atoms with E-state index in [0.717, 1.165) is 0 Å². The Morgan fingerprint density at radius 3 is 2.47 bits per heavy atom. The zero-order valence-corrected chi connectivity index (χ0v) is 17.8. The van der Waals surface area contributed by atoms with Gasteiger partial charge in [0.15, 0.2) is 34.7 Å². The molecule has 0 aliphatic heterocycles. The first-order valence-electron chi connectivity index (χ1n) is 9.44. The Morgan fingerprint density at radius 1 is 1.20 bits per heavy atom. The molecule has 2 fully saturated rings. The van der Waals surface area contributed by atoms with Gasteiger partial charge in [0.05, 0.1) is 15.1 Å². The molecule has 1 aromatic carbocycles. The summed E-state index contributed by atoms with van der Waals surface area (Å²) in [6, 6.07) is 1.68. The molecule has 0 bridgehead atoms. The van der Waals surface area contributed by atoms with Crippen LogP contribution in [0.4, 0.5) is 0 Å². The van der Waals surface area contributed by atoms with E-state index in [1.807, 2.05) is 22.6 Å². The minimum Gasteiger partial charge on any atom is -0.506 e. The van der Waals surface area contributed by atoms with E-state index in [1.54, 1.807) is 6.07 Å². The lowest BCUT2D eigenvalue weighted by Gasteiger charge is -2.48. The molecule has 30 heavy (non-hydrogen) atoms. The number of aliphatic hydroxyl groups is 1. The van der Waals surface area contributed by atoms with E-state index in [2.05, 4.69) is 0 Å². The maximum absolute atomic E-state index is 13.3. The van der Waals surface area contributed by atoms with Crippen LogP contribution in [-0.4, -0.2) is 44.9 Å². The van der Waals surface area contributed by atoms with Crippen molar-refractivity contribution in [3.63, 3.8) is 0 Å². The number of hydrogen-bond acceptors (Lipinski definition) is 8. The summed E-state index contributed by atoms with van der Waals surface area (Å²) < 4.78 is 0.395. The molecule has 4 rings (SSSR count). The van der Waals surface area contributed by atoms with Crippen LogP contribution in [0, 0.1) is 27.2 Å². The molecule has 2 unspecified atom stereocenters. The first kappa shape index (κ1) is 21.1. The summed E-state index contributed by atoms with van der Waals surface area (Å²) in [5, 5.41) is 21.6. The van der Waals surface area contributed by atoms with E-state index < -0.39 is 58.3 Å². The lowest BCUT2D eigenvalue weighted by atomic mass is 9.53. The van der Waals surface area contributed by atoms with E-state index in [4.69, 9.17) is 11.5 Å². The molecule has 1 aromatic rings. The van der Waals surface area contributed by atoms with Crippen LogP contribution in [0.1, 0.15) is 34.3 Å². The van der Waals surface area contributed by atoms with E-state index in [1.165, 1.54) is 0 Å². The van der Waals surface area contributed by atoms with Crippen LogP contribution in [0.3, 0.4) is 0 Å². The van der Waals surface area contributed by atoms with Crippen molar-refractivity contribution in [2.75, 3.05) is 0 Å². The van der Waals surface area contributed by atoms with Gasteiger partial charge >= 0.3 is 0 Å². The van der Waals surface area contributed by atoms with Gasteiger partial charge in [0.2, 0.25) is 5.91 Å². The Labute approximate surface area is 184 Å². The Kier molecular flexibility index (Phi) is 4.86. The predicted molar refractivity (Wildman–Crippen MR) is 109 cm³/mol. The van der Waals surface area contributed by atoms with Crippen LogP contribution < -0.4 is 11.5 Å². The third-order valence-corrected chi connectivity index (χ3v) is 7.49. The minimum atomic E-state index is -2.63. The van der Waals surface area contributed by atoms with Gasteiger partial charge in [0, 0.05) is 18.9 Å². The lowest BCUT2D eigenvalue weighted by molar-refractivity contribution is -0.175. The number of aromatic hydroxyl groups is 1. The summed E-state index contributed by atoms with van der Waals surface area (Å²) in [7, 11) is 0. The molecule has 10 heteroatoms. The second kappa shape index (κ2) is 6.92. The maximum atomic E-state index is 13.3. The number of primary amides is 1. The topological polar surface area (TPSA) is 178 Å². The number of nitrogens with two attached hydrogens (primary N) is 2. The first-order valence-corrected chi connectivity index (χ1v) is 10.5. The third kappa shape index (κ3) is 2.63. The molecule has 1 amide bonds. The standard InChI is InChI=1S/C20H19IN2O7/c21-10-3-7(5-22)9-2-6-1-8-4-11(24)14(19(23)29)18(28)20(8,30)17(27)12(6)16(26)13(9)15(10)25/h3,6,8,12,14,25,30H,1-2,4-5,22H2,(H2,23,29)/t6-,8+,12?,14?,20+/m1/s1. The Morgan fingerprint density at radius 2 is 1.87 bits per heavy atom. The van der Waals surface area contributed by atoms with Crippen LogP contribution in [0.15, 0.2) is 6.07 Å². The number of carbonyl (C=O) groups excluding carboxylic acids is 5. The Balaban J connectivity index is 1.84. The van der Waals surface area contributed by atoms with Crippen molar-refractivity contribution in [3.05, 3.63) is 26.3 Å². The van der Waals surface area contributed by atoms with Gasteiger partial charge in [-0.05, 0) is 58.5 Å². The van der Waals surface area contributed by atoms with Gasteiger partial charge in [-0.25, -0.2) is 0 Å². The highest BCUT2D eigenvalue weighted by atomic mass is 127. The zero-order valence-electron chi connectivity index (χ0n) is 15.7. The molecule has 158 valence electrons. The van der Waals surface area contributed by atoms with E-state index in [9.17, 15) is 34.2 Å². The molecule has 2 saturated carbocycles. The number of fused-ring (bicyclic) bond motifs is 3. The van der Waals surface area contributed by atoms with Gasteiger partial charge in [0.25, 0.3) is 0 Å². The number of hydrogen-bond donors (Lipinski definition) is 4. The van der Waals surface area contributed by atoms with Crippen LogP contribution in [0.25, 0.3) is 0 Å². The fourth-order valence-corrected chi connectivity index (χ4v) is 5.90. The average Bonchev–Trinajstić information content (AvgIpc) is 2.67. The summed E-state index contributed by atoms with van der Waals surface area (Å²) in [6.45, 7) is 0.127. The molecule has 9 nitrogen and oxygen atoms in total. The Bertz CT molecular complexity index is 1050. The molecule has 3 aliphatic carbocycles. The molecular formula is C20H19IN2O7. The van der Waals surface area contributed by atoms with Crippen molar-refractivity contribution in [1.82, 2.24) is 0 Å². The number of Topliss-reactive ketones (excluding diaryl/α,β-unsaturated/α-hetero) is 4. The summed E-state index contributed by atoms with van der Waals surface area (Å²) >= 11 is 1.86. The highest BCUT2D eigenvalue weighted by Gasteiger charge is 2.66. The molecule has 0 radical (unpaired) electrons. The average molecular weight is 526 g/mol. The number of phenols is 1. The van der Waals surface area contributed by atoms with Crippen LogP contribution in [0.5, 0.6) is 5.75 Å². The SMILES string of the molecule is NCc1cc(I)c(O)c2c1C[C@H]1C[C@H]3CC(=O)C(C(N)=O)C(=O)[C@@]3(O)C(=O)C1C2=O. The van der Waals surface area contributed by atoms with Gasteiger partial charge < -0.3 is 21.7 Å². The van der Waals surface area contributed by atoms with Gasteiger partial charge in [-0.3, -0.25) is 24.0 Å². The second-order valence-corrected chi connectivity index (χ2v) is 9.33. The van der Waals surface area contributed by atoms with E-state index in [-0.39, 0.29) is 37.1 Å². The van der Waals surface area contributed by atoms with Crippen LogP contribution >= 0.6 is 22.6 Å². The first-order chi connectivity index (χ1) is 14.0. The predicted octanol–water partition coefficient (Wildman–Crippen LogP) is -0.610. The van der Waals surface area contributed by atoms with Crippen molar-refractivity contribution in [1.29, 1.82) is 0 Å². The fraction of sp³-hybridized carbons (Fsp3) is 0.450. The molecule has 0 heterocycles. The van der Waals surface area contributed by atoms with Crippen LogP contribution in [-0.2, 0) is 32.1 Å². The summed E-state index contributed by atoms with van der Waals surface area (Å²) in [5.41, 5.74) is 9.51. The number of benzene rings is 1. The van der Waals surface area contributed by atoms with Gasteiger partial charge in [-0.1, -0.05) is 0 Å². The number of carbonyl (C=O) groups is 5. The number of halogens is 1. The molecular weight excluding hydrogens is 507 g/mol. The minimum absolute atomic E-state index is 0.0233. The van der Waals surface area contributed by atoms with Crippen molar-refractivity contribution < 1.29 is 34.2 Å². The number of phenolic OH excluding ortho intramolecular Hbond substituents is 1. The van der Waals surface area contributed by atoms with Gasteiger partial charge in [-0.2, -0.15) is 0 Å². The largest absolute Gasteiger partial charge is 0.506 e. The highest BCUT2D eigenvalue weighted by Crippen LogP contribution is 2.50. The number of ketones is 4. The van der Waals surface area contributed by atoms with Crippen molar-refractivity contribution >= 4 is 51.6 Å². The highest BCUT2D eigenvalue weighted by molar-refractivity contribution is 14.1. The van der Waals surface area contributed by atoms with Crippen molar-refractivity contribution in [2.24, 2.45) is 35.1 Å². The number of amides is 1. The molecule has 0 saturated heterocycles. The quantitative estimate of drug-likeness (QED) is 0.291. The fourth-order valence-electron chi connectivity index (χ4n) is 5.26. The number of rotatable bonds is 2. The Hall–Kier alpha value is -2.18. The summed E-state index contributed by atoms with van der Waals surface area (Å²) in [4.78, 5) is 63.3. The molecule has 0 spiro atoms. The van der Waals surface area contributed by atoms with Crippen molar-refractivity contribution in [3.8, 4) is 5.75 Å². The van der Waals surface area contributed by atoms with Gasteiger partial charge in [-0.15, -0.1) is 0 Å². The van der Waals surface area contributed by atoms with E-state index in [0.29, 0.717) is 14.7 Å². The summed E-state index contributed by atoms with van der Waals surface area (Å²) in [6.07, 6.45) is -0.0476. The molecule has 0 aromatic heterocycles. The van der Waals surface area contributed by atoms with Crippen molar-refractivity contribution in [2.45, 2.75) is 31.4 Å². The monoisotopic (exact) mass is 526 g/mol. The maximum Gasteiger partial charge on any atom is 0.235 e. The normalized spacial score (nSPS) is 33.0. The summed E-state index contributed by atoms with van der Waals surface area (Å²) in [5.74, 6) is -10.1. The smallest absolute Gasteiger partial charge is 0.235 e. The second-order valence-electron chi connectivity index (χ2n) is 8.16. The molecule has 6 N–H and O–H groups in total.